The summed E-state index contributed by atoms with van der Waals surface area (Å²) in [4.78, 5) is 0. The Hall–Kier alpha value is -0.380. The van der Waals surface area contributed by atoms with Crippen molar-refractivity contribution in [3.05, 3.63) is 33.8 Å². The summed E-state index contributed by atoms with van der Waals surface area (Å²) in [5.41, 5.74) is 7.99. The normalized spacial score (nSPS) is 10.4. The number of rotatable bonds is 4. The Bertz CT molecular complexity index is 276. The predicted molar refractivity (Wildman–Crippen MR) is 57.6 cm³/mol. The van der Waals surface area contributed by atoms with Crippen molar-refractivity contribution >= 4 is 15.9 Å². The number of halogens is 1. The topological polar surface area (TPSA) is 35.2 Å². The molecule has 0 aromatic heterocycles. The van der Waals surface area contributed by atoms with E-state index in [1.807, 2.05) is 6.07 Å². The molecule has 0 saturated heterocycles. The molecular formula is C10H14BrNO. The highest BCUT2D eigenvalue weighted by atomic mass is 79.9. The van der Waals surface area contributed by atoms with Gasteiger partial charge < -0.3 is 10.5 Å². The third-order valence-corrected chi connectivity index (χ3v) is 2.38. The van der Waals surface area contributed by atoms with Crippen LogP contribution in [-0.4, -0.2) is 13.7 Å². The van der Waals surface area contributed by atoms with Gasteiger partial charge in [-0.3, -0.25) is 0 Å². The lowest BCUT2D eigenvalue weighted by molar-refractivity contribution is 0.184. The highest BCUT2D eigenvalue weighted by molar-refractivity contribution is 9.10. The summed E-state index contributed by atoms with van der Waals surface area (Å²) in [6.07, 6.45) is 0.909. The first-order valence-electron chi connectivity index (χ1n) is 4.24. The van der Waals surface area contributed by atoms with Gasteiger partial charge in [0, 0.05) is 11.6 Å². The van der Waals surface area contributed by atoms with E-state index in [2.05, 4.69) is 28.1 Å². The summed E-state index contributed by atoms with van der Waals surface area (Å²) in [5.74, 6) is 0. The van der Waals surface area contributed by atoms with Crippen molar-refractivity contribution in [2.75, 3.05) is 13.7 Å². The average Bonchev–Trinajstić information content (AvgIpc) is 2.10. The summed E-state index contributed by atoms with van der Waals surface area (Å²) < 4.78 is 6.19. The van der Waals surface area contributed by atoms with Gasteiger partial charge in [-0.05, 0) is 36.2 Å². The maximum absolute atomic E-state index is 5.51. The van der Waals surface area contributed by atoms with Crippen LogP contribution in [0.25, 0.3) is 0 Å². The maximum Gasteiger partial charge on any atom is 0.0716 e. The summed E-state index contributed by atoms with van der Waals surface area (Å²) in [6.45, 7) is 1.33. The Morgan fingerprint density at radius 3 is 2.77 bits per heavy atom. The Kier molecular flexibility index (Phi) is 4.42. The molecule has 1 aromatic rings. The summed E-state index contributed by atoms with van der Waals surface area (Å²) in [6, 6.07) is 6.20. The van der Waals surface area contributed by atoms with Gasteiger partial charge in [0.15, 0.2) is 0 Å². The second-order valence-corrected chi connectivity index (χ2v) is 3.80. The lowest BCUT2D eigenvalue weighted by atomic mass is 10.1. The van der Waals surface area contributed by atoms with Crippen LogP contribution < -0.4 is 5.73 Å². The number of methoxy groups -OCH3 is 1. The smallest absolute Gasteiger partial charge is 0.0716 e. The van der Waals surface area contributed by atoms with Gasteiger partial charge in [-0.25, -0.2) is 0 Å². The van der Waals surface area contributed by atoms with Gasteiger partial charge in [0.1, 0.15) is 0 Å². The van der Waals surface area contributed by atoms with Crippen LogP contribution in [0.2, 0.25) is 0 Å². The molecule has 2 N–H and O–H groups in total. The molecule has 0 fully saturated rings. The fourth-order valence-electron chi connectivity index (χ4n) is 1.28. The van der Waals surface area contributed by atoms with E-state index in [4.69, 9.17) is 10.5 Å². The molecule has 72 valence electrons. The second kappa shape index (κ2) is 5.37. The molecule has 0 unspecified atom stereocenters. The van der Waals surface area contributed by atoms with Crippen molar-refractivity contribution in [3.63, 3.8) is 0 Å². The van der Waals surface area contributed by atoms with Gasteiger partial charge in [0.25, 0.3) is 0 Å². The largest absolute Gasteiger partial charge is 0.380 e. The Morgan fingerprint density at radius 2 is 2.15 bits per heavy atom. The van der Waals surface area contributed by atoms with Crippen LogP contribution in [-0.2, 0) is 17.8 Å². The van der Waals surface area contributed by atoms with Gasteiger partial charge >= 0.3 is 0 Å². The van der Waals surface area contributed by atoms with Crippen LogP contribution in [0.1, 0.15) is 11.1 Å². The Morgan fingerprint density at radius 1 is 1.38 bits per heavy atom. The lowest BCUT2D eigenvalue weighted by Gasteiger charge is -2.08. The molecule has 3 heteroatoms. The molecule has 0 aliphatic rings. The van der Waals surface area contributed by atoms with E-state index in [0.29, 0.717) is 13.2 Å². The van der Waals surface area contributed by atoms with Crippen LogP contribution >= 0.6 is 15.9 Å². The molecule has 0 aliphatic heterocycles. The SMILES string of the molecule is COCc1cc(Br)ccc1CCN. The molecule has 0 aliphatic carbocycles. The van der Waals surface area contributed by atoms with Gasteiger partial charge in [0.05, 0.1) is 6.61 Å². The van der Waals surface area contributed by atoms with Crippen molar-refractivity contribution in [2.45, 2.75) is 13.0 Å². The minimum absolute atomic E-state index is 0.648. The molecule has 0 atom stereocenters. The van der Waals surface area contributed by atoms with Crippen LogP contribution in [0.15, 0.2) is 22.7 Å². The zero-order valence-electron chi connectivity index (χ0n) is 7.72. The van der Waals surface area contributed by atoms with Crippen molar-refractivity contribution in [3.8, 4) is 0 Å². The van der Waals surface area contributed by atoms with Gasteiger partial charge in [-0.15, -0.1) is 0 Å². The summed E-state index contributed by atoms with van der Waals surface area (Å²) in [5, 5.41) is 0. The number of benzene rings is 1. The molecule has 0 bridgehead atoms. The number of nitrogens with two attached hydrogens (primary N) is 1. The van der Waals surface area contributed by atoms with Crippen molar-refractivity contribution in [2.24, 2.45) is 5.73 Å². The van der Waals surface area contributed by atoms with Gasteiger partial charge in [-0.1, -0.05) is 22.0 Å². The molecule has 13 heavy (non-hydrogen) atoms. The average molecular weight is 244 g/mol. The zero-order chi connectivity index (χ0) is 9.68. The molecule has 0 radical (unpaired) electrons. The van der Waals surface area contributed by atoms with Gasteiger partial charge in [-0.2, -0.15) is 0 Å². The predicted octanol–water partition coefficient (Wildman–Crippen LogP) is 2.10. The number of ether oxygens (including phenoxy) is 1. The number of hydrogen-bond donors (Lipinski definition) is 1. The summed E-state index contributed by atoms with van der Waals surface area (Å²) in [7, 11) is 1.70. The van der Waals surface area contributed by atoms with Crippen molar-refractivity contribution < 1.29 is 4.74 Å². The van der Waals surface area contributed by atoms with E-state index in [9.17, 15) is 0 Å². The van der Waals surface area contributed by atoms with E-state index < -0.39 is 0 Å². The lowest BCUT2D eigenvalue weighted by Crippen LogP contribution is -2.05. The maximum atomic E-state index is 5.51. The standard InChI is InChI=1S/C10H14BrNO/c1-13-7-9-6-10(11)3-2-8(9)4-5-12/h2-3,6H,4-5,7,12H2,1H3. The molecule has 0 spiro atoms. The van der Waals surface area contributed by atoms with Crippen LogP contribution in [0.4, 0.5) is 0 Å². The highest BCUT2D eigenvalue weighted by Crippen LogP contribution is 2.17. The summed E-state index contributed by atoms with van der Waals surface area (Å²) >= 11 is 3.43. The minimum atomic E-state index is 0.648. The third kappa shape index (κ3) is 3.10. The molecular weight excluding hydrogens is 230 g/mol. The molecule has 0 amide bonds. The number of hydrogen-bond acceptors (Lipinski definition) is 2. The molecule has 0 heterocycles. The monoisotopic (exact) mass is 243 g/mol. The van der Waals surface area contributed by atoms with E-state index in [1.165, 1.54) is 11.1 Å². The van der Waals surface area contributed by atoms with Crippen LogP contribution in [0.5, 0.6) is 0 Å². The first-order chi connectivity index (χ1) is 6.27. The van der Waals surface area contributed by atoms with E-state index in [-0.39, 0.29) is 0 Å². The Balaban J connectivity index is 2.89. The van der Waals surface area contributed by atoms with Crippen LogP contribution in [0.3, 0.4) is 0 Å². The van der Waals surface area contributed by atoms with Crippen molar-refractivity contribution in [1.82, 2.24) is 0 Å². The van der Waals surface area contributed by atoms with Crippen molar-refractivity contribution in [1.29, 1.82) is 0 Å². The quantitative estimate of drug-likeness (QED) is 0.880. The highest BCUT2D eigenvalue weighted by Gasteiger charge is 2.01. The second-order valence-electron chi connectivity index (χ2n) is 2.88. The molecule has 1 rings (SSSR count). The van der Waals surface area contributed by atoms with Crippen LogP contribution in [0, 0.1) is 0 Å². The molecule has 1 aromatic carbocycles. The molecule has 2 nitrogen and oxygen atoms in total. The minimum Gasteiger partial charge on any atom is -0.380 e. The fourth-order valence-corrected chi connectivity index (χ4v) is 1.69. The van der Waals surface area contributed by atoms with Gasteiger partial charge in [0.2, 0.25) is 0 Å². The third-order valence-electron chi connectivity index (χ3n) is 1.88. The fraction of sp³-hybridized carbons (Fsp3) is 0.400. The van der Waals surface area contributed by atoms with E-state index in [1.54, 1.807) is 7.11 Å². The zero-order valence-corrected chi connectivity index (χ0v) is 9.30. The van der Waals surface area contributed by atoms with E-state index >= 15 is 0 Å². The Labute approximate surface area is 87.2 Å². The molecule has 0 saturated carbocycles. The first-order valence-corrected chi connectivity index (χ1v) is 5.03. The van der Waals surface area contributed by atoms with E-state index in [0.717, 1.165) is 10.9 Å². The first kappa shape index (κ1) is 10.7.